The number of methoxy groups -OCH3 is 2. The average molecular weight is 934 g/mol. The van der Waals surface area contributed by atoms with E-state index in [4.69, 9.17) is 49.6 Å². The first-order chi connectivity index (χ1) is 30.2. The second kappa shape index (κ2) is 24.5. The minimum Gasteiger partial charge on any atom is -0.870 e. The first-order valence-electron chi connectivity index (χ1n) is 19.7. The number of hydrogen-bond acceptors (Lipinski definition) is 25. The van der Waals surface area contributed by atoms with Crippen LogP contribution in [0, 0.1) is 23.7 Å². The number of fused-ring (bicyclic) bond motifs is 3. The van der Waals surface area contributed by atoms with Crippen LogP contribution in [0.15, 0.2) is 17.6 Å². The summed E-state index contributed by atoms with van der Waals surface area (Å²) in [6.45, 7) is 2.18. The molecule has 6 heterocycles. The maximum Gasteiger partial charge on any atom is 1.00 e. The van der Waals surface area contributed by atoms with Crippen molar-refractivity contribution in [1.82, 2.24) is 54.5 Å². The Bertz CT molecular complexity index is 2320. The molecule has 3 fully saturated rings. The zero-order valence-electron chi connectivity index (χ0n) is 36.3. The Morgan fingerprint density at radius 3 is 1.62 bits per heavy atom. The van der Waals surface area contributed by atoms with E-state index in [1.165, 1.54) is 20.6 Å². The van der Waals surface area contributed by atoms with Crippen LogP contribution in [0.1, 0.15) is 76.8 Å². The van der Waals surface area contributed by atoms with Crippen LogP contribution in [-0.2, 0) is 23.9 Å². The molecule has 5 aromatic heterocycles. The molecule has 1 aliphatic heterocycles. The van der Waals surface area contributed by atoms with E-state index in [1.54, 1.807) is 18.1 Å². The Labute approximate surface area is 414 Å². The van der Waals surface area contributed by atoms with E-state index in [2.05, 4.69) is 74.1 Å². The Morgan fingerprint density at radius 2 is 1.14 bits per heavy atom. The number of hydrogen-bond donors (Lipinski definition) is 11. The van der Waals surface area contributed by atoms with Crippen molar-refractivity contribution in [2.24, 2.45) is 34.6 Å². The summed E-state index contributed by atoms with van der Waals surface area (Å²) in [6, 6.07) is 0.230. The number of esters is 2. The first kappa shape index (κ1) is 53.6. The summed E-state index contributed by atoms with van der Waals surface area (Å²) < 4.78 is 13.2. The molecule has 0 aromatic carbocycles. The third-order valence-corrected chi connectivity index (χ3v) is 11.0. The van der Waals surface area contributed by atoms with Crippen LogP contribution in [-0.4, -0.2) is 103 Å². The summed E-state index contributed by atoms with van der Waals surface area (Å²) >= 11 is 0. The quantitative estimate of drug-likeness (QED) is 0.0290. The number of carbonyl (C=O) groups is 3. The fourth-order valence-electron chi connectivity index (χ4n) is 7.99. The average Bonchev–Trinajstić information content (AvgIpc) is 4.12. The van der Waals surface area contributed by atoms with Crippen LogP contribution in [0.3, 0.4) is 0 Å². The van der Waals surface area contributed by atoms with Crippen LogP contribution in [0.2, 0.25) is 0 Å². The fraction of sp³-hybridized carbons (Fsp3) is 0.500. The molecule has 0 unspecified atom stereocenters. The third-order valence-electron chi connectivity index (χ3n) is 11.0. The van der Waals surface area contributed by atoms with Gasteiger partial charge >= 0.3 is 74.8 Å². The van der Waals surface area contributed by atoms with Gasteiger partial charge in [0, 0.05) is 18.0 Å². The predicted octanol–water partition coefficient (Wildman–Crippen LogP) is -2.30. The van der Waals surface area contributed by atoms with Crippen LogP contribution < -0.4 is 102 Å². The van der Waals surface area contributed by atoms with Gasteiger partial charge in [-0.1, -0.05) is 6.92 Å². The van der Waals surface area contributed by atoms with Crippen molar-refractivity contribution in [1.29, 1.82) is 0 Å². The van der Waals surface area contributed by atoms with E-state index in [0.29, 0.717) is 59.0 Å². The number of imidazole rings is 2. The van der Waals surface area contributed by atoms with E-state index in [9.17, 15) is 14.4 Å². The molecule has 0 radical (unpaired) electrons. The summed E-state index contributed by atoms with van der Waals surface area (Å²) in [5.74, 6) is 5.23. The number of rotatable bonds is 5. The summed E-state index contributed by atoms with van der Waals surface area (Å²) in [5, 5.41) is 17.8. The number of nitrogens with one attached hydrogen (secondary N) is 2. The SMILES string of the molecule is COC(=O)[C@@H]1CC[C@@H](n2cnc3c(N)nc(N)nc32)C1.COC(=O)[C@@H]1CC[C@H](C)C1.NO.Nc1nc(N)c2c(n1)N[C+]=N2.Nc1nc(N)c2ncn([C@@H]3CC[C@@H](C(=O)NO)C3)c2n1.[K+].[OH-]. The van der Waals surface area contributed by atoms with Crippen molar-refractivity contribution in [2.45, 2.75) is 76.8 Å². The van der Waals surface area contributed by atoms with Gasteiger partial charge in [0.25, 0.3) is 6.34 Å². The molecular formula is C36H54KN20O8+. The van der Waals surface area contributed by atoms with Gasteiger partial charge in [-0.15, -0.1) is 4.98 Å². The van der Waals surface area contributed by atoms with Gasteiger partial charge in [0.2, 0.25) is 29.6 Å². The summed E-state index contributed by atoms with van der Waals surface area (Å²) in [5.41, 5.74) is 38.0. The molecule has 29 heteroatoms. The number of ether oxygens (including phenoxy) is 2. The Kier molecular flexibility index (Phi) is 20.2. The van der Waals surface area contributed by atoms with E-state index in [1.807, 2.05) is 9.13 Å². The number of nitrogen functional groups attached to an aromatic ring is 6. The zero-order valence-corrected chi connectivity index (χ0v) is 39.4. The van der Waals surface area contributed by atoms with Crippen molar-refractivity contribution in [3.8, 4) is 0 Å². The minimum atomic E-state index is -0.356. The van der Waals surface area contributed by atoms with E-state index >= 15 is 0 Å². The second-order valence-electron chi connectivity index (χ2n) is 15.1. The number of hydroxylamine groups is 1. The number of aliphatic imine (C=N–C) groups is 1. The maximum atomic E-state index is 11.6. The number of nitrogens with zero attached hydrogens (tertiary/aromatic N) is 11. The fourth-order valence-corrected chi connectivity index (χ4v) is 7.99. The molecule has 4 aliphatic rings. The van der Waals surface area contributed by atoms with Gasteiger partial charge in [0.1, 0.15) is 11.0 Å². The summed E-state index contributed by atoms with van der Waals surface area (Å²) in [4.78, 5) is 69.9. The molecule has 0 bridgehead atoms. The van der Waals surface area contributed by atoms with Gasteiger partial charge < -0.3 is 63.7 Å². The van der Waals surface area contributed by atoms with E-state index < -0.39 is 0 Å². The third kappa shape index (κ3) is 13.0. The molecule has 6 atom stereocenters. The summed E-state index contributed by atoms with van der Waals surface area (Å²) in [6.07, 6.45) is 13.5. The van der Waals surface area contributed by atoms with Crippen molar-refractivity contribution < 1.29 is 91.1 Å². The summed E-state index contributed by atoms with van der Waals surface area (Å²) in [7, 11) is 2.88. The van der Waals surface area contributed by atoms with Gasteiger partial charge in [-0.2, -0.15) is 30.2 Å². The van der Waals surface area contributed by atoms with Gasteiger partial charge in [0.05, 0.1) is 38.7 Å². The monoisotopic (exact) mass is 933 g/mol. The molecular weight excluding hydrogens is 880 g/mol. The van der Waals surface area contributed by atoms with Crippen LogP contribution in [0.4, 0.5) is 46.8 Å². The van der Waals surface area contributed by atoms with Crippen LogP contribution >= 0.6 is 0 Å². The Morgan fingerprint density at radius 1 is 0.692 bits per heavy atom. The van der Waals surface area contributed by atoms with Gasteiger partial charge in [-0.05, 0) is 68.7 Å². The number of aromatic nitrogens is 10. The number of amides is 1. The van der Waals surface area contributed by atoms with Gasteiger partial charge in [-0.3, -0.25) is 19.6 Å². The topological polar surface area (TPSA) is 472 Å². The predicted molar refractivity (Wildman–Crippen MR) is 231 cm³/mol. The molecule has 65 heavy (non-hydrogen) atoms. The Hall–Kier alpha value is -5.75. The standard InChI is InChI=1S/C12H16N6O2.C11H15N7O2.C8H14O2.C5H5N6.K.H3NO.H2O/c1-20-11(19)6-2-3-7(4-6)18-5-15-8-9(13)16-12(14)17-10(8)18;12-8-7-9(16-11(13)15-8)18(4-14-7)6-2-1-5(3-6)10(19)17-20;1-6-3-4-7(5-6)8(9)10-2;6-3-2-4(9-1-8-2)11-5(7)10-3;;1-2;/h5-7H,2-4H2,1H3,(H4,13,14,16,17);4-6,20H,1-3H2,(H,17,19)(H4,12,13,15,16);6-7H,3-5H2,1-2H3;(H5,6,7,8,9,10,11);;2H,1H2;1H2/q;;;2*+1;;/p-1/t6-,7-;5-,6-;6-,7+;;;;/m110..../s1. The molecule has 3 aliphatic carbocycles. The molecule has 0 saturated heterocycles. The molecule has 5 aromatic rings. The largest absolute Gasteiger partial charge is 1.00 e. The smallest absolute Gasteiger partial charge is 0.870 e. The van der Waals surface area contributed by atoms with Crippen LogP contribution in [0.5, 0.6) is 0 Å². The first-order valence-corrected chi connectivity index (χ1v) is 19.7. The van der Waals surface area contributed by atoms with Gasteiger partial charge in [-0.25, -0.2) is 21.3 Å². The number of anilines is 7. The minimum absolute atomic E-state index is 0. The van der Waals surface area contributed by atoms with Crippen molar-refractivity contribution in [2.75, 3.05) is 53.9 Å². The van der Waals surface area contributed by atoms with Crippen molar-refractivity contribution in [3.05, 3.63) is 12.7 Å². The van der Waals surface area contributed by atoms with Crippen molar-refractivity contribution in [3.63, 3.8) is 0 Å². The molecule has 1 amide bonds. The normalized spacial score (nSPS) is 20.8. The molecule has 0 spiro atoms. The Balaban J connectivity index is 0.000000234. The molecule has 3 saturated carbocycles. The molecule has 346 valence electrons. The van der Waals surface area contributed by atoms with E-state index in [-0.39, 0.29) is 140 Å². The number of carbonyl (C=O) groups excluding carboxylic acids is 3. The number of nitrogens with two attached hydrogens (primary N) is 7. The van der Waals surface area contributed by atoms with Crippen LogP contribution in [0.25, 0.3) is 22.3 Å². The van der Waals surface area contributed by atoms with Gasteiger partial charge in [0.15, 0.2) is 22.9 Å². The zero-order chi connectivity index (χ0) is 46.0. The second-order valence-corrected chi connectivity index (χ2v) is 15.1. The van der Waals surface area contributed by atoms with E-state index in [0.717, 1.165) is 32.1 Å². The maximum absolute atomic E-state index is 11.6. The molecule has 19 N–H and O–H groups in total. The molecule has 9 rings (SSSR count). The molecule has 28 nitrogen and oxygen atoms in total. The van der Waals surface area contributed by atoms with Crippen molar-refractivity contribution >= 4 is 93.3 Å².